The number of rotatable bonds is 2. The van der Waals surface area contributed by atoms with E-state index in [4.69, 9.17) is 16.3 Å². The Morgan fingerprint density at radius 3 is 2.90 bits per heavy atom. The van der Waals surface area contributed by atoms with Gasteiger partial charge < -0.3 is 4.74 Å². The van der Waals surface area contributed by atoms with Gasteiger partial charge in [0.05, 0.1) is 3.79 Å². The third kappa shape index (κ3) is 2.85. The van der Waals surface area contributed by atoms with Crippen molar-refractivity contribution in [3.05, 3.63) is 61.3 Å². The molecule has 0 fully saturated rings. The molecule has 100 valence electrons. The van der Waals surface area contributed by atoms with Gasteiger partial charge in [-0.05, 0) is 57.2 Å². The smallest absolute Gasteiger partial charge is 0.363 e. The summed E-state index contributed by atoms with van der Waals surface area (Å²) in [6.45, 7) is 0. The highest BCUT2D eigenvalue weighted by molar-refractivity contribution is 9.11. The topological polar surface area (TPSA) is 38.7 Å². The quantitative estimate of drug-likeness (QED) is 0.578. The minimum absolute atomic E-state index is 0.276. The van der Waals surface area contributed by atoms with E-state index in [0.717, 1.165) is 9.35 Å². The van der Waals surface area contributed by atoms with Gasteiger partial charge in [0.15, 0.2) is 5.70 Å². The molecule has 1 aliphatic rings. The van der Waals surface area contributed by atoms with Gasteiger partial charge in [0.2, 0.25) is 5.90 Å². The lowest BCUT2D eigenvalue weighted by molar-refractivity contribution is -0.129. The normalized spacial score (nSPS) is 16.4. The van der Waals surface area contributed by atoms with Crippen LogP contribution in [-0.4, -0.2) is 11.9 Å². The van der Waals surface area contributed by atoms with Gasteiger partial charge in [0, 0.05) is 10.6 Å². The van der Waals surface area contributed by atoms with Crippen LogP contribution in [-0.2, 0) is 9.53 Å². The summed E-state index contributed by atoms with van der Waals surface area (Å²) in [6.07, 6.45) is 1.70. The molecule has 0 atom stereocenters. The Hall–Kier alpha value is -1.43. The molecule has 0 radical (unpaired) electrons. The minimum Gasteiger partial charge on any atom is -0.402 e. The standard InChI is InChI=1S/C14H7BrClNO2S/c15-12-5-8(7-20-12)4-11-14(18)19-13(17-11)9-2-1-3-10(16)6-9/h1-7H. The third-order valence-corrected chi connectivity index (χ3v) is 4.34. The van der Waals surface area contributed by atoms with E-state index < -0.39 is 5.97 Å². The number of cyclic esters (lactones) is 1. The summed E-state index contributed by atoms with van der Waals surface area (Å²) < 4.78 is 6.16. The Morgan fingerprint density at radius 1 is 1.35 bits per heavy atom. The molecule has 0 aliphatic carbocycles. The second-order valence-corrected chi connectivity index (χ2v) is 6.76. The third-order valence-electron chi connectivity index (χ3n) is 2.58. The number of ether oxygens (including phenoxy) is 1. The van der Waals surface area contributed by atoms with Crippen LogP contribution in [0, 0.1) is 0 Å². The Kier molecular flexibility index (Phi) is 3.74. The fourth-order valence-electron chi connectivity index (χ4n) is 1.71. The number of hydrogen-bond donors (Lipinski definition) is 0. The Bertz CT molecular complexity index is 751. The number of hydrogen-bond acceptors (Lipinski definition) is 4. The van der Waals surface area contributed by atoms with Crippen LogP contribution >= 0.6 is 38.9 Å². The van der Waals surface area contributed by atoms with E-state index in [1.807, 2.05) is 11.4 Å². The van der Waals surface area contributed by atoms with Crippen molar-refractivity contribution in [3.8, 4) is 0 Å². The van der Waals surface area contributed by atoms with Gasteiger partial charge in [-0.1, -0.05) is 17.7 Å². The first-order chi connectivity index (χ1) is 9.61. The monoisotopic (exact) mass is 367 g/mol. The maximum atomic E-state index is 11.8. The first-order valence-corrected chi connectivity index (χ1v) is 7.69. The second-order valence-electron chi connectivity index (χ2n) is 4.03. The molecule has 2 heterocycles. The molecule has 3 rings (SSSR count). The van der Waals surface area contributed by atoms with Crippen molar-refractivity contribution in [2.75, 3.05) is 0 Å². The molecule has 0 saturated carbocycles. The van der Waals surface area contributed by atoms with E-state index >= 15 is 0 Å². The fraction of sp³-hybridized carbons (Fsp3) is 0. The Balaban J connectivity index is 1.94. The predicted molar refractivity (Wildman–Crippen MR) is 84.1 cm³/mol. The lowest BCUT2D eigenvalue weighted by atomic mass is 10.2. The number of aliphatic imine (C=N–C) groups is 1. The summed E-state index contributed by atoms with van der Waals surface area (Å²) in [5.74, 6) is -0.180. The minimum atomic E-state index is -0.456. The van der Waals surface area contributed by atoms with E-state index in [1.165, 1.54) is 0 Å². The highest BCUT2D eigenvalue weighted by Gasteiger charge is 2.24. The Morgan fingerprint density at radius 2 is 2.20 bits per heavy atom. The van der Waals surface area contributed by atoms with E-state index in [9.17, 15) is 4.79 Å². The molecule has 0 N–H and O–H groups in total. The molecule has 6 heteroatoms. The van der Waals surface area contributed by atoms with Crippen molar-refractivity contribution >= 4 is 56.8 Å². The molecule has 0 unspecified atom stereocenters. The van der Waals surface area contributed by atoms with Gasteiger partial charge in [-0.15, -0.1) is 11.3 Å². The summed E-state index contributed by atoms with van der Waals surface area (Å²) in [5, 5.41) is 2.50. The summed E-state index contributed by atoms with van der Waals surface area (Å²) in [7, 11) is 0. The number of carbonyl (C=O) groups excluding carboxylic acids is 1. The van der Waals surface area contributed by atoms with Crippen LogP contribution in [0.5, 0.6) is 0 Å². The van der Waals surface area contributed by atoms with E-state index in [-0.39, 0.29) is 11.6 Å². The van der Waals surface area contributed by atoms with Gasteiger partial charge >= 0.3 is 5.97 Å². The molecule has 1 aromatic heterocycles. The van der Waals surface area contributed by atoms with Gasteiger partial charge in [-0.2, -0.15) is 0 Å². The zero-order chi connectivity index (χ0) is 14.1. The fourth-order valence-corrected chi connectivity index (χ4v) is 3.03. The lowest BCUT2D eigenvalue weighted by Gasteiger charge is -1.98. The van der Waals surface area contributed by atoms with Crippen molar-refractivity contribution in [3.63, 3.8) is 0 Å². The zero-order valence-corrected chi connectivity index (χ0v) is 13.1. The van der Waals surface area contributed by atoms with E-state index in [2.05, 4.69) is 20.9 Å². The summed E-state index contributed by atoms with van der Waals surface area (Å²) in [5.41, 5.74) is 1.87. The van der Waals surface area contributed by atoms with Crippen LogP contribution in [0.1, 0.15) is 11.1 Å². The Labute approximate surface area is 132 Å². The molecule has 2 aromatic rings. The number of benzene rings is 1. The van der Waals surface area contributed by atoms with Crippen molar-refractivity contribution in [1.29, 1.82) is 0 Å². The largest absolute Gasteiger partial charge is 0.402 e. The van der Waals surface area contributed by atoms with Gasteiger partial charge in [-0.25, -0.2) is 9.79 Å². The van der Waals surface area contributed by atoms with E-state index in [0.29, 0.717) is 10.6 Å². The summed E-state index contributed by atoms with van der Waals surface area (Å²) in [6, 6.07) is 8.95. The summed E-state index contributed by atoms with van der Waals surface area (Å²) >= 11 is 10.8. The van der Waals surface area contributed by atoms with Crippen LogP contribution in [0.15, 0.2) is 50.2 Å². The maximum Gasteiger partial charge on any atom is 0.363 e. The van der Waals surface area contributed by atoms with Crippen molar-refractivity contribution in [2.45, 2.75) is 0 Å². The maximum absolute atomic E-state index is 11.8. The molecule has 1 aromatic carbocycles. The van der Waals surface area contributed by atoms with Crippen LogP contribution < -0.4 is 0 Å². The molecule has 20 heavy (non-hydrogen) atoms. The molecular weight excluding hydrogens is 362 g/mol. The molecule has 1 aliphatic heterocycles. The first-order valence-electron chi connectivity index (χ1n) is 5.64. The zero-order valence-electron chi connectivity index (χ0n) is 9.97. The van der Waals surface area contributed by atoms with Gasteiger partial charge in [-0.3, -0.25) is 0 Å². The summed E-state index contributed by atoms with van der Waals surface area (Å²) in [4.78, 5) is 16.0. The average Bonchev–Trinajstić information content (AvgIpc) is 2.97. The molecule has 3 nitrogen and oxygen atoms in total. The number of esters is 1. The number of nitrogens with zero attached hydrogens (tertiary/aromatic N) is 1. The highest BCUT2D eigenvalue weighted by atomic mass is 79.9. The van der Waals surface area contributed by atoms with Crippen LogP contribution in [0.4, 0.5) is 0 Å². The van der Waals surface area contributed by atoms with Crippen molar-refractivity contribution < 1.29 is 9.53 Å². The average molecular weight is 369 g/mol. The van der Waals surface area contributed by atoms with Gasteiger partial charge in [0.1, 0.15) is 0 Å². The van der Waals surface area contributed by atoms with Crippen LogP contribution in [0.2, 0.25) is 5.02 Å². The predicted octanol–water partition coefficient (Wildman–Crippen LogP) is 4.51. The second kappa shape index (κ2) is 5.52. The van der Waals surface area contributed by atoms with Crippen molar-refractivity contribution in [2.24, 2.45) is 4.99 Å². The SMILES string of the molecule is O=C1OC(c2cccc(Cl)c2)=NC1=Cc1csc(Br)c1. The number of halogens is 2. The lowest BCUT2D eigenvalue weighted by Crippen LogP contribution is -2.05. The number of thiophene rings is 1. The molecule has 0 bridgehead atoms. The highest BCUT2D eigenvalue weighted by Crippen LogP contribution is 2.25. The van der Waals surface area contributed by atoms with Crippen LogP contribution in [0.3, 0.4) is 0 Å². The molecule has 0 spiro atoms. The molecule has 0 amide bonds. The van der Waals surface area contributed by atoms with Gasteiger partial charge in [0.25, 0.3) is 0 Å². The molecular formula is C14H7BrClNO2S. The first kappa shape index (κ1) is 13.5. The van der Waals surface area contributed by atoms with Crippen molar-refractivity contribution in [1.82, 2.24) is 0 Å². The molecule has 0 saturated heterocycles. The van der Waals surface area contributed by atoms with Crippen LogP contribution in [0.25, 0.3) is 6.08 Å². The van der Waals surface area contributed by atoms with E-state index in [1.54, 1.807) is 41.7 Å². The number of carbonyl (C=O) groups is 1.